The van der Waals surface area contributed by atoms with Crippen LogP contribution in [0.4, 0.5) is 18.0 Å². The first-order chi connectivity index (χ1) is 18.0. The number of hydrogen-bond donors (Lipinski definition) is 1. The number of fused-ring (bicyclic) bond motifs is 1. The van der Waals surface area contributed by atoms with Crippen LogP contribution in [0.25, 0.3) is 27.8 Å². The predicted octanol–water partition coefficient (Wildman–Crippen LogP) is 4.78. The van der Waals surface area contributed by atoms with E-state index in [9.17, 15) is 18.0 Å². The molecule has 0 spiro atoms. The lowest BCUT2D eigenvalue weighted by Crippen LogP contribution is -2.32. The molecule has 200 valence electrons. The molecular weight excluding hydrogens is 505 g/mol. The van der Waals surface area contributed by atoms with Crippen LogP contribution >= 0.6 is 0 Å². The summed E-state index contributed by atoms with van der Waals surface area (Å²) in [5.74, 6) is -0.356. The number of ether oxygens (including phenoxy) is 3. The van der Waals surface area contributed by atoms with E-state index in [4.69, 9.17) is 9.47 Å². The standard InChI is InChI=1S/C25H25F3N6O4/c1-24(2,3)38-23(35)30-11-20-21-19(15-10-31-33(12-15)17-13-36-14-17)8-9-29-22(21)34(32-20)16-4-6-18(7-5-16)37-25(26,27)28/h4-10,12,17H,11,13-14H2,1-3H3,(H,30,35). The summed E-state index contributed by atoms with van der Waals surface area (Å²) in [5, 5.41) is 12.5. The number of rotatable bonds is 6. The van der Waals surface area contributed by atoms with Crippen molar-refractivity contribution in [3.05, 3.63) is 54.6 Å². The average molecular weight is 531 g/mol. The van der Waals surface area contributed by atoms with Crippen molar-refractivity contribution < 1.29 is 32.2 Å². The fourth-order valence-corrected chi connectivity index (χ4v) is 3.97. The molecule has 10 nitrogen and oxygen atoms in total. The molecule has 0 saturated carbocycles. The van der Waals surface area contributed by atoms with Crippen molar-refractivity contribution in [2.75, 3.05) is 13.2 Å². The van der Waals surface area contributed by atoms with Crippen LogP contribution in [-0.4, -0.2) is 55.8 Å². The zero-order chi connectivity index (χ0) is 27.1. The minimum absolute atomic E-state index is 0.0248. The summed E-state index contributed by atoms with van der Waals surface area (Å²) in [5.41, 5.74) is 2.32. The highest BCUT2D eigenvalue weighted by molar-refractivity contribution is 5.95. The van der Waals surface area contributed by atoms with Gasteiger partial charge in [0, 0.05) is 18.0 Å². The van der Waals surface area contributed by atoms with Crippen molar-refractivity contribution in [2.45, 2.75) is 45.3 Å². The lowest BCUT2D eigenvalue weighted by molar-refractivity contribution is -0.274. The van der Waals surface area contributed by atoms with E-state index in [-0.39, 0.29) is 18.3 Å². The van der Waals surface area contributed by atoms with E-state index in [1.807, 2.05) is 16.9 Å². The molecule has 0 atom stereocenters. The number of halogens is 3. The molecule has 1 amide bonds. The van der Waals surface area contributed by atoms with E-state index in [2.05, 4.69) is 25.2 Å². The summed E-state index contributed by atoms with van der Waals surface area (Å²) in [7, 11) is 0. The molecule has 0 aliphatic carbocycles. The number of alkyl carbamates (subject to hydrolysis) is 1. The second kappa shape index (κ2) is 9.63. The highest BCUT2D eigenvalue weighted by atomic mass is 19.4. The zero-order valence-electron chi connectivity index (χ0n) is 20.8. The monoisotopic (exact) mass is 530 g/mol. The van der Waals surface area contributed by atoms with Gasteiger partial charge in [-0.05, 0) is 56.7 Å². The van der Waals surface area contributed by atoms with Crippen LogP contribution in [0.15, 0.2) is 48.9 Å². The number of nitrogens with one attached hydrogen (secondary N) is 1. The molecule has 1 fully saturated rings. The van der Waals surface area contributed by atoms with E-state index < -0.39 is 18.1 Å². The van der Waals surface area contributed by atoms with Crippen molar-refractivity contribution >= 4 is 17.1 Å². The molecule has 5 rings (SSSR count). The van der Waals surface area contributed by atoms with E-state index >= 15 is 0 Å². The highest BCUT2D eigenvalue weighted by Crippen LogP contribution is 2.33. The Morgan fingerprint density at radius 2 is 1.89 bits per heavy atom. The van der Waals surface area contributed by atoms with E-state index in [0.717, 1.165) is 11.1 Å². The van der Waals surface area contributed by atoms with Gasteiger partial charge < -0.3 is 19.5 Å². The Labute approximate surface area is 215 Å². The Morgan fingerprint density at radius 3 is 2.53 bits per heavy atom. The molecule has 0 bridgehead atoms. The highest BCUT2D eigenvalue weighted by Gasteiger charge is 2.31. The Hall–Kier alpha value is -4.13. The molecular formula is C25H25F3N6O4. The van der Waals surface area contributed by atoms with Crippen LogP contribution in [0.2, 0.25) is 0 Å². The van der Waals surface area contributed by atoms with Gasteiger partial charge in [-0.15, -0.1) is 13.2 Å². The number of carbonyl (C=O) groups excluding carboxylic acids is 1. The molecule has 0 unspecified atom stereocenters. The topological polar surface area (TPSA) is 105 Å². The van der Waals surface area contributed by atoms with Crippen molar-refractivity contribution in [3.63, 3.8) is 0 Å². The lowest BCUT2D eigenvalue weighted by Gasteiger charge is -2.25. The molecule has 1 aromatic carbocycles. The second-order valence-electron chi connectivity index (χ2n) is 9.71. The van der Waals surface area contributed by atoms with Gasteiger partial charge >= 0.3 is 12.5 Å². The molecule has 1 saturated heterocycles. The van der Waals surface area contributed by atoms with E-state index in [0.29, 0.717) is 35.6 Å². The molecule has 38 heavy (non-hydrogen) atoms. The quantitative estimate of drug-likeness (QED) is 0.383. The Kier molecular flexibility index (Phi) is 6.47. The smallest absolute Gasteiger partial charge is 0.444 e. The Balaban J connectivity index is 1.54. The summed E-state index contributed by atoms with van der Waals surface area (Å²) in [6.45, 7) is 6.48. The normalized spacial score (nSPS) is 14.4. The van der Waals surface area contributed by atoms with Crippen molar-refractivity contribution in [1.82, 2.24) is 29.9 Å². The minimum Gasteiger partial charge on any atom is -0.444 e. The molecule has 1 N–H and O–H groups in total. The van der Waals surface area contributed by atoms with Crippen LogP contribution in [0.1, 0.15) is 32.5 Å². The number of benzene rings is 1. The molecule has 4 heterocycles. The average Bonchev–Trinajstić information content (AvgIpc) is 3.40. The van der Waals surface area contributed by atoms with Gasteiger partial charge in [-0.3, -0.25) is 4.68 Å². The first kappa shape index (κ1) is 25.5. The number of aromatic nitrogens is 5. The van der Waals surface area contributed by atoms with Gasteiger partial charge in [0.15, 0.2) is 5.65 Å². The first-order valence-electron chi connectivity index (χ1n) is 11.8. The minimum atomic E-state index is -4.80. The van der Waals surface area contributed by atoms with Gasteiger partial charge in [0.25, 0.3) is 0 Å². The van der Waals surface area contributed by atoms with Gasteiger partial charge in [0.1, 0.15) is 11.4 Å². The molecule has 4 aromatic rings. The summed E-state index contributed by atoms with van der Waals surface area (Å²) in [6.07, 6.45) is -0.150. The number of hydrogen-bond acceptors (Lipinski definition) is 7. The van der Waals surface area contributed by atoms with E-state index in [1.165, 1.54) is 28.9 Å². The first-order valence-corrected chi connectivity index (χ1v) is 11.8. The van der Waals surface area contributed by atoms with Crippen LogP contribution in [0.5, 0.6) is 5.75 Å². The fraction of sp³-hybridized carbons (Fsp3) is 0.360. The SMILES string of the molecule is CC(C)(C)OC(=O)NCc1nn(-c2ccc(OC(F)(F)F)cc2)c2nccc(-c3cnn(C4COC4)c3)c12. The lowest BCUT2D eigenvalue weighted by atomic mass is 10.1. The van der Waals surface area contributed by atoms with Gasteiger partial charge in [0.05, 0.1) is 48.8 Å². The molecule has 0 radical (unpaired) electrons. The third kappa shape index (κ3) is 5.57. The number of amides is 1. The largest absolute Gasteiger partial charge is 0.573 e. The molecule has 1 aliphatic heterocycles. The number of nitrogens with zero attached hydrogens (tertiary/aromatic N) is 5. The van der Waals surface area contributed by atoms with Gasteiger partial charge in [-0.1, -0.05) is 0 Å². The summed E-state index contributed by atoms with van der Waals surface area (Å²) in [6, 6.07) is 7.27. The number of carbonyl (C=O) groups is 1. The fourth-order valence-electron chi connectivity index (χ4n) is 3.97. The van der Waals surface area contributed by atoms with Crippen molar-refractivity contribution in [2.24, 2.45) is 0 Å². The van der Waals surface area contributed by atoms with Crippen LogP contribution in [0, 0.1) is 0 Å². The maximum Gasteiger partial charge on any atom is 0.573 e. The third-order valence-corrected chi connectivity index (χ3v) is 5.66. The maximum absolute atomic E-state index is 12.6. The Morgan fingerprint density at radius 1 is 1.16 bits per heavy atom. The van der Waals surface area contributed by atoms with Crippen molar-refractivity contribution in [3.8, 4) is 22.6 Å². The number of pyridine rings is 1. The molecule has 1 aliphatic rings. The second-order valence-corrected chi connectivity index (χ2v) is 9.71. The van der Waals surface area contributed by atoms with Gasteiger partial charge in [-0.25, -0.2) is 14.5 Å². The molecule has 13 heteroatoms. The number of alkyl halides is 3. The summed E-state index contributed by atoms with van der Waals surface area (Å²) in [4.78, 5) is 16.9. The van der Waals surface area contributed by atoms with Gasteiger partial charge in [-0.2, -0.15) is 10.2 Å². The van der Waals surface area contributed by atoms with Crippen LogP contribution < -0.4 is 10.1 Å². The van der Waals surface area contributed by atoms with Crippen molar-refractivity contribution in [1.29, 1.82) is 0 Å². The molecule has 3 aromatic heterocycles. The summed E-state index contributed by atoms with van der Waals surface area (Å²) >= 11 is 0. The summed E-state index contributed by atoms with van der Waals surface area (Å²) < 4.78 is 55.7. The third-order valence-electron chi connectivity index (χ3n) is 5.66. The van der Waals surface area contributed by atoms with Gasteiger partial charge in [0.2, 0.25) is 0 Å². The Bertz CT molecular complexity index is 1450. The van der Waals surface area contributed by atoms with Crippen LogP contribution in [0.3, 0.4) is 0 Å². The van der Waals surface area contributed by atoms with E-state index in [1.54, 1.807) is 33.2 Å². The predicted molar refractivity (Wildman–Crippen MR) is 130 cm³/mol. The zero-order valence-corrected chi connectivity index (χ0v) is 20.8. The maximum atomic E-state index is 12.6. The van der Waals surface area contributed by atoms with Crippen LogP contribution in [-0.2, 0) is 16.0 Å².